The van der Waals surface area contributed by atoms with E-state index < -0.39 is 29.2 Å². The molecule has 1 aliphatic carbocycles. The highest BCUT2D eigenvalue weighted by atomic mass is 35.5. The van der Waals surface area contributed by atoms with Crippen LogP contribution >= 0.6 is 46.4 Å². The summed E-state index contributed by atoms with van der Waals surface area (Å²) >= 11 is 25.1. The summed E-state index contributed by atoms with van der Waals surface area (Å²) in [7, 11) is 0. The van der Waals surface area contributed by atoms with Gasteiger partial charge in [0.25, 0.3) is 0 Å². The minimum atomic E-state index is -1.65. The van der Waals surface area contributed by atoms with Gasteiger partial charge < -0.3 is 10.2 Å². The maximum atomic E-state index is 12.4. The molecular formula is C18H12Cl4O4. The Kier molecular flexibility index (Phi) is 5.15. The van der Waals surface area contributed by atoms with Gasteiger partial charge in [0.2, 0.25) is 0 Å². The van der Waals surface area contributed by atoms with Gasteiger partial charge in [0.1, 0.15) is 5.41 Å². The molecular weight excluding hydrogens is 422 g/mol. The highest BCUT2D eigenvalue weighted by Crippen LogP contribution is 2.62. The number of carboxylic acids is 2. The van der Waals surface area contributed by atoms with Crippen LogP contribution in [0.2, 0.25) is 20.1 Å². The molecule has 3 rings (SSSR count). The highest BCUT2D eigenvalue weighted by molar-refractivity contribution is 6.37. The summed E-state index contributed by atoms with van der Waals surface area (Å²) in [6.07, 6.45) is -0.173. The molecule has 3 atom stereocenters. The Labute approximate surface area is 169 Å². The van der Waals surface area contributed by atoms with Gasteiger partial charge in [-0.15, -0.1) is 0 Å². The minimum Gasteiger partial charge on any atom is -0.481 e. The lowest BCUT2D eigenvalue weighted by molar-refractivity contribution is -0.160. The smallest absolute Gasteiger partial charge is 0.314 e. The SMILES string of the molecule is O=C(O)C1CC(C(=O)O)(c2c(Cl)cccc2Cl)C1c1c(Cl)cccc1Cl. The summed E-state index contributed by atoms with van der Waals surface area (Å²) < 4.78 is 0. The standard InChI is InChI=1S/C18H12Cl4O4/c19-9-3-1-4-10(20)13(9)14-8(16(23)24)7-18(14,17(25)26)15-11(21)5-2-6-12(15)22/h1-6,8,14H,7H2,(H,23,24)(H,25,26). The lowest BCUT2D eigenvalue weighted by atomic mass is 9.49. The topological polar surface area (TPSA) is 74.6 Å². The largest absolute Gasteiger partial charge is 0.481 e. The fourth-order valence-corrected chi connectivity index (χ4v) is 5.14. The minimum absolute atomic E-state index is 0.150. The Morgan fingerprint density at radius 3 is 1.77 bits per heavy atom. The lowest BCUT2D eigenvalue weighted by Gasteiger charge is -2.52. The zero-order chi connectivity index (χ0) is 19.2. The van der Waals surface area contributed by atoms with E-state index in [0.29, 0.717) is 0 Å². The molecule has 0 bridgehead atoms. The Bertz CT molecular complexity index is 874. The fraction of sp³-hybridized carbons (Fsp3) is 0.222. The molecule has 136 valence electrons. The van der Waals surface area contributed by atoms with Crippen molar-refractivity contribution in [1.29, 1.82) is 0 Å². The van der Waals surface area contributed by atoms with Crippen LogP contribution in [0.15, 0.2) is 36.4 Å². The maximum Gasteiger partial charge on any atom is 0.314 e. The molecule has 3 unspecified atom stereocenters. The van der Waals surface area contributed by atoms with Crippen LogP contribution in [0.5, 0.6) is 0 Å². The summed E-state index contributed by atoms with van der Waals surface area (Å²) in [5.41, 5.74) is -1.20. The zero-order valence-corrected chi connectivity index (χ0v) is 16.1. The van der Waals surface area contributed by atoms with Crippen LogP contribution in [-0.4, -0.2) is 22.2 Å². The second kappa shape index (κ2) is 6.93. The molecule has 2 aromatic rings. The molecule has 1 saturated carbocycles. The highest BCUT2D eigenvalue weighted by Gasteiger charge is 2.65. The van der Waals surface area contributed by atoms with Gasteiger partial charge in [0.15, 0.2) is 0 Å². The Hall–Kier alpha value is -1.46. The molecule has 0 radical (unpaired) electrons. The molecule has 0 heterocycles. The number of aliphatic carboxylic acids is 2. The summed E-state index contributed by atoms with van der Waals surface area (Å²) in [6, 6.07) is 9.32. The third-order valence-corrected chi connectivity index (χ3v) is 6.18. The number of hydrogen-bond donors (Lipinski definition) is 2. The summed E-state index contributed by atoms with van der Waals surface area (Å²) in [6.45, 7) is 0. The first kappa shape index (κ1) is 19.3. The van der Waals surface area contributed by atoms with Crippen LogP contribution < -0.4 is 0 Å². The van der Waals surface area contributed by atoms with Crippen LogP contribution in [-0.2, 0) is 15.0 Å². The van der Waals surface area contributed by atoms with Crippen molar-refractivity contribution in [2.24, 2.45) is 5.92 Å². The van der Waals surface area contributed by atoms with Crippen molar-refractivity contribution < 1.29 is 19.8 Å². The molecule has 1 aliphatic rings. The van der Waals surface area contributed by atoms with Crippen LogP contribution in [0, 0.1) is 5.92 Å². The second-order valence-corrected chi connectivity index (χ2v) is 7.76. The van der Waals surface area contributed by atoms with Gasteiger partial charge >= 0.3 is 11.9 Å². The number of hydrogen-bond acceptors (Lipinski definition) is 2. The van der Waals surface area contributed by atoms with Gasteiger partial charge in [-0.1, -0.05) is 58.5 Å². The van der Waals surface area contributed by atoms with Gasteiger partial charge in [0.05, 0.1) is 5.92 Å². The molecule has 0 saturated heterocycles. The van der Waals surface area contributed by atoms with Crippen molar-refractivity contribution in [3.63, 3.8) is 0 Å². The summed E-state index contributed by atoms with van der Waals surface area (Å²) in [4.78, 5) is 24.1. The Morgan fingerprint density at radius 1 is 0.885 bits per heavy atom. The van der Waals surface area contributed by atoms with E-state index >= 15 is 0 Å². The van der Waals surface area contributed by atoms with E-state index in [4.69, 9.17) is 46.4 Å². The molecule has 26 heavy (non-hydrogen) atoms. The molecule has 1 fully saturated rings. The second-order valence-electron chi connectivity index (χ2n) is 6.14. The Balaban J connectivity index is 2.32. The van der Waals surface area contributed by atoms with Crippen molar-refractivity contribution >= 4 is 58.3 Å². The van der Waals surface area contributed by atoms with Crippen molar-refractivity contribution in [2.75, 3.05) is 0 Å². The van der Waals surface area contributed by atoms with E-state index in [2.05, 4.69) is 0 Å². The first-order valence-electron chi connectivity index (χ1n) is 7.56. The summed E-state index contributed by atoms with van der Waals surface area (Å²) in [5.74, 6) is -4.37. The maximum absolute atomic E-state index is 12.4. The number of carbonyl (C=O) groups is 2. The molecule has 2 aromatic carbocycles. The van der Waals surface area contributed by atoms with E-state index in [1.165, 1.54) is 12.1 Å². The quantitative estimate of drug-likeness (QED) is 0.666. The third kappa shape index (κ3) is 2.76. The summed E-state index contributed by atoms with van der Waals surface area (Å²) in [5, 5.41) is 20.4. The number of halogens is 4. The monoisotopic (exact) mass is 432 g/mol. The zero-order valence-electron chi connectivity index (χ0n) is 13.0. The molecule has 2 N–H and O–H groups in total. The number of benzene rings is 2. The van der Waals surface area contributed by atoms with Gasteiger partial charge in [-0.25, -0.2) is 0 Å². The number of carboxylic acid groups (broad SMARTS) is 2. The van der Waals surface area contributed by atoms with Gasteiger partial charge in [-0.3, -0.25) is 9.59 Å². The van der Waals surface area contributed by atoms with Crippen LogP contribution in [0.1, 0.15) is 23.5 Å². The van der Waals surface area contributed by atoms with Crippen molar-refractivity contribution in [3.05, 3.63) is 67.6 Å². The van der Waals surface area contributed by atoms with Crippen LogP contribution in [0.4, 0.5) is 0 Å². The average molecular weight is 434 g/mol. The number of rotatable bonds is 4. The van der Waals surface area contributed by atoms with E-state index in [1.807, 2.05) is 0 Å². The van der Waals surface area contributed by atoms with Crippen molar-refractivity contribution in [1.82, 2.24) is 0 Å². The normalized spacial score (nSPS) is 24.8. The molecule has 8 heteroatoms. The van der Waals surface area contributed by atoms with Crippen LogP contribution in [0.25, 0.3) is 0 Å². The first-order valence-corrected chi connectivity index (χ1v) is 9.07. The van der Waals surface area contributed by atoms with Gasteiger partial charge in [-0.05, 0) is 36.2 Å². The molecule has 0 amide bonds. The Morgan fingerprint density at radius 2 is 1.35 bits per heavy atom. The molecule has 0 aromatic heterocycles. The van der Waals surface area contributed by atoms with E-state index in [9.17, 15) is 19.8 Å². The molecule has 0 aliphatic heterocycles. The van der Waals surface area contributed by atoms with Gasteiger partial charge in [-0.2, -0.15) is 0 Å². The molecule has 0 spiro atoms. The van der Waals surface area contributed by atoms with Gasteiger partial charge in [0, 0.05) is 31.6 Å². The van der Waals surface area contributed by atoms with Crippen molar-refractivity contribution in [3.8, 4) is 0 Å². The first-order chi connectivity index (χ1) is 12.2. The van der Waals surface area contributed by atoms with E-state index in [0.717, 1.165) is 0 Å². The molecule has 4 nitrogen and oxygen atoms in total. The van der Waals surface area contributed by atoms with Crippen LogP contribution in [0.3, 0.4) is 0 Å². The average Bonchev–Trinajstić information content (AvgIpc) is 2.52. The van der Waals surface area contributed by atoms with Crippen molar-refractivity contribution in [2.45, 2.75) is 17.8 Å². The van der Waals surface area contributed by atoms with E-state index in [1.54, 1.807) is 24.3 Å². The lowest BCUT2D eigenvalue weighted by Crippen LogP contribution is -2.57. The predicted molar refractivity (Wildman–Crippen MR) is 101 cm³/mol. The fourth-order valence-electron chi connectivity index (χ4n) is 3.77. The predicted octanol–water partition coefficient (Wildman–Crippen LogP) is 5.51. The van der Waals surface area contributed by atoms with E-state index in [-0.39, 0.29) is 37.6 Å². The third-order valence-electron chi connectivity index (χ3n) is 4.89.